The molecule has 33 heavy (non-hydrogen) atoms. The van der Waals surface area contributed by atoms with Crippen molar-refractivity contribution in [2.24, 2.45) is 5.16 Å². The Morgan fingerprint density at radius 3 is 2.09 bits per heavy atom. The van der Waals surface area contributed by atoms with Gasteiger partial charge in [0, 0.05) is 6.54 Å². The Kier molecular flexibility index (Phi) is 7.38. The highest BCUT2D eigenvalue weighted by atomic mass is 19.4. The first-order valence-corrected chi connectivity index (χ1v) is 10.2. The molecule has 3 rings (SSSR count). The van der Waals surface area contributed by atoms with Crippen LogP contribution >= 0.6 is 0 Å². The minimum atomic E-state index is -4.91. The van der Waals surface area contributed by atoms with E-state index in [2.05, 4.69) is 10.5 Å². The molecule has 2 aromatic carbocycles. The summed E-state index contributed by atoms with van der Waals surface area (Å²) in [6.07, 6.45) is -9.69. The van der Waals surface area contributed by atoms with Crippen LogP contribution in [0.1, 0.15) is 48.1 Å². The van der Waals surface area contributed by atoms with E-state index in [4.69, 9.17) is 9.57 Å². The first kappa shape index (κ1) is 25.0. The highest BCUT2D eigenvalue weighted by Gasteiger charge is 2.39. The van der Waals surface area contributed by atoms with Gasteiger partial charge in [0.15, 0.2) is 0 Å². The van der Waals surface area contributed by atoms with Crippen molar-refractivity contribution in [2.75, 3.05) is 20.3 Å². The number of alkyl halides is 6. The van der Waals surface area contributed by atoms with E-state index in [0.29, 0.717) is 31.5 Å². The number of halogens is 6. The summed E-state index contributed by atoms with van der Waals surface area (Å²) in [5, 5.41) is 7.32. The van der Waals surface area contributed by atoms with Crippen LogP contribution in [0.15, 0.2) is 53.7 Å². The predicted molar refractivity (Wildman–Crippen MR) is 111 cm³/mol. The molecule has 1 N–H and O–H groups in total. The van der Waals surface area contributed by atoms with Gasteiger partial charge in [0.2, 0.25) is 0 Å². The Bertz CT molecular complexity index is 931. The standard InChI is InChI=1S/C23H24F6N2O2/c1-15(16-10-18(22(24,25)26)12-19(11-16)23(27,28)29)33-14-21(17-6-4-3-5-7-17)9-8-20(13-30-21)31-32-2/h3-7,10-12,15,30H,8-9,13-14H2,1-2H3/t15-,21-/m1/s1. The second-order valence-electron chi connectivity index (χ2n) is 7.93. The number of rotatable bonds is 6. The molecule has 180 valence electrons. The van der Waals surface area contributed by atoms with E-state index in [1.54, 1.807) is 0 Å². The van der Waals surface area contributed by atoms with Crippen LogP contribution in [0.2, 0.25) is 0 Å². The smallest absolute Gasteiger partial charge is 0.399 e. The summed E-state index contributed by atoms with van der Waals surface area (Å²) in [6.45, 7) is 1.88. The van der Waals surface area contributed by atoms with Crippen molar-refractivity contribution in [2.45, 2.75) is 43.8 Å². The van der Waals surface area contributed by atoms with Crippen molar-refractivity contribution in [3.63, 3.8) is 0 Å². The molecule has 2 aromatic rings. The molecule has 2 atom stereocenters. The SMILES string of the molecule is CON=C1CC[C@@](CO[C@H](C)c2cc(C(F)(F)F)cc(C(F)(F)F)c2)(c2ccccc2)NC1. The number of oxime groups is 1. The van der Waals surface area contributed by atoms with E-state index < -0.39 is 35.1 Å². The van der Waals surface area contributed by atoms with Gasteiger partial charge in [0.1, 0.15) is 7.11 Å². The largest absolute Gasteiger partial charge is 0.416 e. The molecular formula is C23H24F6N2O2. The fourth-order valence-electron chi connectivity index (χ4n) is 3.80. The molecule has 0 amide bonds. The minimum absolute atomic E-state index is 0.0377. The number of hydrogen-bond donors (Lipinski definition) is 1. The average molecular weight is 474 g/mol. The maximum atomic E-state index is 13.2. The van der Waals surface area contributed by atoms with E-state index in [0.717, 1.165) is 11.3 Å². The van der Waals surface area contributed by atoms with Crippen LogP contribution in [0.4, 0.5) is 26.3 Å². The number of piperidine rings is 1. The first-order valence-electron chi connectivity index (χ1n) is 10.2. The zero-order valence-corrected chi connectivity index (χ0v) is 18.1. The van der Waals surface area contributed by atoms with E-state index in [1.807, 2.05) is 30.3 Å². The maximum absolute atomic E-state index is 13.2. The molecule has 1 heterocycles. The normalized spacial score (nSPS) is 21.8. The Hall–Kier alpha value is -2.59. The lowest BCUT2D eigenvalue weighted by molar-refractivity contribution is -0.143. The Balaban J connectivity index is 1.87. The highest BCUT2D eigenvalue weighted by molar-refractivity contribution is 5.87. The minimum Gasteiger partial charge on any atom is -0.399 e. The van der Waals surface area contributed by atoms with Crippen LogP contribution in [0.25, 0.3) is 0 Å². The quantitative estimate of drug-likeness (QED) is 0.408. The molecule has 0 unspecified atom stereocenters. The molecule has 0 aromatic heterocycles. The van der Waals surface area contributed by atoms with Gasteiger partial charge >= 0.3 is 12.4 Å². The lowest BCUT2D eigenvalue weighted by Gasteiger charge is -2.39. The predicted octanol–water partition coefficient (Wildman–Crippen LogP) is 6.08. The van der Waals surface area contributed by atoms with Crippen LogP contribution in [0.5, 0.6) is 0 Å². The summed E-state index contributed by atoms with van der Waals surface area (Å²) in [5.74, 6) is 0. The van der Waals surface area contributed by atoms with Crippen LogP contribution in [0.3, 0.4) is 0 Å². The zero-order valence-electron chi connectivity index (χ0n) is 18.1. The van der Waals surface area contributed by atoms with Gasteiger partial charge in [-0.15, -0.1) is 0 Å². The van der Waals surface area contributed by atoms with Gasteiger partial charge < -0.3 is 9.57 Å². The van der Waals surface area contributed by atoms with Crippen LogP contribution in [0, 0.1) is 0 Å². The number of nitrogens with one attached hydrogen (secondary N) is 1. The average Bonchev–Trinajstić information content (AvgIpc) is 2.78. The Morgan fingerprint density at radius 2 is 1.61 bits per heavy atom. The molecule has 0 bridgehead atoms. The second kappa shape index (κ2) is 9.72. The third-order valence-electron chi connectivity index (χ3n) is 5.68. The fourth-order valence-corrected chi connectivity index (χ4v) is 3.80. The summed E-state index contributed by atoms with van der Waals surface area (Å²) in [6, 6.07) is 10.9. The van der Waals surface area contributed by atoms with Gasteiger partial charge in [-0.1, -0.05) is 35.5 Å². The molecule has 0 saturated carbocycles. The van der Waals surface area contributed by atoms with Gasteiger partial charge in [-0.3, -0.25) is 5.32 Å². The molecule has 0 spiro atoms. The van der Waals surface area contributed by atoms with Crippen LogP contribution < -0.4 is 5.32 Å². The molecule has 10 heteroatoms. The first-order chi connectivity index (χ1) is 15.4. The van der Waals surface area contributed by atoms with Crippen molar-refractivity contribution in [1.29, 1.82) is 0 Å². The zero-order chi connectivity index (χ0) is 24.3. The molecule has 1 saturated heterocycles. The molecular weight excluding hydrogens is 450 g/mol. The van der Waals surface area contributed by atoms with Crippen LogP contribution in [-0.2, 0) is 27.5 Å². The third-order valence-corrected chi connectivity index (χ3v) is 5.68. The number of ether oxygens (including phenoxy) is 1. The molecule has 1 aliphatic heterocycles. The summed E-state index contributed by atoms with van der Waals surface area (Å²) >= 11 is 0. The van der Waals surface area contributed by atoms with E-state index >= 15 is 0 Å². The monoisotopic (exact) mass is 474 g/mol. The van der Waals surface area contributed by atoms with E-state index in [-0.39, 0.29) is 18.2 Å². The molecule has 1 aliphatic rings. The molecule has 0 aliphatic carbocycles. The summed E-state index contributed by atoms with van der Waals surface area (Å²) in [7, 11) is 1.45. The van der Waals surface area contributed by atoms with Crippen LogP contribution in [-0.4, -0.2) is 26.0 Å². The topological polar surface area (TPSA) is 42.9 Å². The second-order valence-corrected chi connectivity index (χ2v) is 7.93. The highest BCUT2D eigenvalue weighted by Crippen LogP contribution is 2.38. The molecule has 4 nitrogen and oxygen atoms in total. The molecule has 1 fully saturated rings. The van der Waals surface area contributed by atoms with Gasteiger partial charge in [0.05, 0.1) is 35.1 Å². The van der Waals surface area contributed by atoms with Crippen molar-refractivity contribution in [3.8, 4) is 0 Å². The van der Waals surface area contributed by atoms with Crippen molar-refractivity contribution >= 4 is 5.71 Å². The van der Waals surface area contributed by atoms with Crippen molar-refractivity contribution in [1.82, 2.24) is 5.32 Å². The number of nitrogens with zero attached hydrogens (tertiary/aromatic N) is 1. The number of hydrogen-bond acceptors (Lipinski definition) is 4. The van der Waals surface area contributed by atoms with Gasteiger partial charge in [0.25, 0.3) is 0 Å². The molecule has 0 radical (unpaired) electrons. The van der Waals surface area contributed by atoms with Gasteiger partial charge in [-0.05, 0) is 49.1 Å². The van der Waals surface area contributed by atoms with E-state index in [1.165, 1.54) is 14.0 Å². The van der Waals surface area contributed by atoms with Crippen molar-refractivity contribution < 1.29 is 35.9 Å². The number of benzene rings is 2. The summed E-state index contributed by atoms with van der Waals surface area (Å²) < 4.78 is 85.2. The fraction of sp³-hybridized carbons (Fsp3) is 0.435. The summed E-state index contributed by atoms with van der Waals surface area (Å²) in [5.41, 5.74) is -1.92. The van der Waals surface area contributed by atoms with Gasteiger partial charge in [-0.25, -0.2) is 0 Å². The lowest BCUT2D eigenvalue weighted by atomic mass is 9.82. The van der Waals surface area contributed by atoms with Gasteiger partial charge in [-0.2, -0.15) is 26.3 Å². The van der Waals surface area contributed by atoms with E-state index in [9.17, 15) is 26.3 Å². The lowest BCUT2D eigenvalue weighted by Crippen LogP contribution is -2.52. The van der Waals surface area contributed by atoms with Crippen molar-refractivity contribution in [3.05, 3.63) is 70.8 Å². The maximum Gasteiger partial charge on any atom is 0.416 e. The summed E-state index contributed by atoms with van der Waals surface area (Å²) in [4.78, 5) is 4.82. The Labute approximate surface area is 187 Å². The third kappa shape index (κ3) is 6.05. The Morgan fingerprint density at radius 1 is 1.00 bits per heavy atom.